The summed E-state index contributed by atoms with van der Waals surface area (Å²) in [5.41, 5.74) is 1.03. The third-order valence-corrected chi connectivity index (χ3v) is 3.17. The average molecular weight is 311 g/mol. The molecular weight excluding hydrogens is 294 g/mol. The Labute approximate surface area is 133 Å². The number of methoxy groups -OCH3 is 1. The highest BCUT2D eigenvalue weighted by molar-refractivity contribution is 5.52. The minimum absolute atomic E-state index is 0.515. The van der Waals surface area contributed by atoms with Crippen LogP contribution in [0.1, 0.15) is 11.3 Å². The van der Waals surface area contributed by atoms with Gasteiger partial charge in [-0.2, -0.15) is 4.98 Å². The Hall–Kier alpha value is -3.09. The molecule has 7 heteroatoms. The number of aryl methyl sites for hydroxylation is 1. The van der Waals surface area contributed by atoms with E-state index >= 15 is 0 Å². The van der Waals surface area contributed by atoms with Crippen molar-refractivity contribution in [1.29, 1.82) is 0 Å². The molecule has 7 nitrogen and oxygen atoms in total. The third-order valence-electron chi connectivity index (χ3n) is 3.17. The van der Waals surface area contributed by atoms with Crippen molar-refractivity contribution in [3.8, 4) is 5.75 Å². The SMILES string of the molecule is COc1ccccc1CNc1nccc(Nc2cc(C)on2)n1. The van der Waals surface area contributed by atoms with Crippen molar-refractivity contribution in [1.82, 2.24) is 15.1 Å². The van der Waals surface area contributed by atoms with Gasteiger partial charge >= 0.3 is 0 Å². The number of anilines is 3. The summed E-state index contributed by atoms with van der Waals surface area (Å²) >= 11 is 0. The van der Waals surface area contributed by atoms with Crippen molar-refractivity contribution in [2.45, 2.75) is 13.5 Å². The lowest BCUT2D eigenvalue weighted by atomic mass is 10.2. The first-order valence-corrected chi connectivity index (χ1v) is 7.14. The molecule has 3 aromatic rings. The molecule has 2 aromatic heterocycles. The van der Waals surface area contributed by atoms with E-state index < -0.39 is 0 Å². The van der Waals surface area contributed by atoms with Gasteiger partial charge in [0.15, 0.2) is 5.82 Å². The van der Waals surface area contributed by atoms with Crippen LogP contribution in [0.3, 0.4) is 0 Å². The van der Waals surface area contributed by atoms with E-state index in [1.54, 1.807) is 25.4 Å². The van der Waals surface area contributed by atoms with Gasteiger partial charge in [0, 0.05) is 24.4 Å². The second-order valence-corrected chi connectivity index (χ2v) is 4.88. The van der Waals surface area contributed by atoms with Gasteiger partial charge < -0.3 is 19.9 Å². The van der Waals surface area contributed by atoms with E-state index in [1.807, 2.05) is 31.2 Å². The minimum atomic E-state index is 0.515. The number of ether oxygens (including phenoxy) is 1. The fourth-order valence-corrected chi connectivity index (χ4v) is 2.09. The van der Waals surface area contributed by atoms with Crippen LogP contribution in [0.5, 0.6) is 5.75 Å². The Morgan fingerprint density at radius 2 is 2.04 bits per heavy atom. The monoisotopic (exact) mass is 311 g/mol. The molecule has 0 amide bonds. The van der Waals surface area contributed by atoms with Crippen LogP contribution in [0.2, 0.25) is 0 Å². The zero-order chi connectivity index (χ0) is 16.1. The van der Waals surface area contributed by atoms with E-state index in [0.717, 1.165) is 17.1 Å². The van der Waals surface area contributed by atoms with Gasteiger partial charge in [0.1, 0.15) is 17.3 Å². The molecule has 0 fully saturated rings. The maximum atomic E-state index is 5.33. The topological polar surface area (TPSA) is 85.1 Å². The van der Waals surface area contributed by atoms with Crippen molar-refractivity contribution in [2.75, 3.05) is 17.7 Å². The summed E-state index contributed by atoms with van der Waals surface area (Å²) in [6.07, 6.45) is 1.67. The standard InChI is InChI=1S/C16H17N5O2/c1-11-9-15(21-23-11)19-14-7-8-17-16(20-14)18-10-12-5-3-4-6-13(12)22-2/h3-9H,10H2,1-2H3,(H2,17,18,19,20,21). The molecule has 118 valence electrons. The van der Waals surface area contributed by atoms with E-state index in [2.05, 4.69) is 25.8 Å². The van der Waals surface area contributed by atoms with Crippen molar-refractivity contribution in [3.05, 3.63) is 53.9 Å². The summed E-state index contributed by atoms with van der Waals surface area (Å²) in [4.78, 5) is 8.60. The zero-order valence-electron chi connectivity index (χ0n) is 12.9. The van der Waals surface area contributed by atoms with Gasteiger partial charge in [0.25, 0.3) is 0 Å². The highest BCUT2D eigenvalue weighted by atomic mass is 16.5. The van der Waals surface area contributed by atoms with Crippen molar-refractivity contribution in [2.24, 2.45) is 0 Å². The molecule has 0 bridgehead atoms. The van der Waals surface area contributed by atoms with E-state index in [4.69, 9.17) is 9.26 Å². The van der Waals surface area contributed by atoms with Gasteiger partial charge in [-0.25, -0.2) is 4.98 Å². The predicted octanol–water partition coefficient (Wildman–Crippen LogP) is 3.14. The van der Waals surface area contributed by atoms with Crippen LogP contribution >= 0.6 is 0 Å². The third kappa shape index (κ3) is 3.76. The fraction of sp³-hybridized carbons (Fsp3) is 0.188. The van der Waals surface area contributed by atoms with Gasteiger partial charge in [-0.15, -0.1) is 0 Å². The van der Waals surface area contributed by atoms with Crippen LogP contribution in [-0.4, -0.2) is 22.2 Å². The fourth-order valence-electron chi connectivity index (χ4n) is 2.09. The van der Waals surface area contributed by atoms with Crippen LogP contribution in [-0.2, 0) is 6.54 Å². The number of rotatable bonds is 6. The van der Waals surface area contributed by atoms with Crippen LogP contribution in [0.25, 0.3) is 0 Å². The number of para-hydroxylation sites is 1. The van der Waals surface area contributed by atoms with E-state index in [0.29, 0.717) is 24.1 Å². The van der Waals surface area contributed by atoms with Crippen molar-refractivity contribution in [3.63, 3.8) is 0 Å². The smallest absolute Gasteiger partial charge is 0.224 e. The van der Waals surface area contributed by atoms with Crippen LogP contribution in [0, 0.1) is 6.92 Å². The highest BCUT2D eigenvalue weighted by Gasteiger charge is 2.05. The number of hydrogen-bond donors (Lipinski definition) is 2. The lowest BCUT2D eigenvalue weighted by Gasteiger charge is -2.10. The molecule has 1 aromatic carbocycles. The maximum Gasteiger partial charge on any atom is 0.224 e. The maximum absolute atomic E-state index is 5.33. The molecule has 0 atom stereocenters. The summed E-state index contributed by atoms with van der Waals surface area (Å²) < 4.78 is 10.3. The molecule has 0 aliphatic carbocycles. The molecule has 2 heterocycles. The number of nitrogens with one attached hydrogen (secondary N) is 2. The molecule has 2 N–H and O–H groups in total. The second kappa shape index (κ2) is 6.78. The minimum Gasteiger partial charge on any atom is -0.496 e. The second-order valence-electron chi connectivity index (χ2n) is 4.88. The van der Waals surface area contributed by atoms with E-state index in [1.165, 1.54) is 0 Å². The zero-order valence-corrected chi connectivity index (χ0v) is 12.9. The van der Waals surface area contributed by atoms with Gasteiger partial charge in [0.05, 0.1) is 7.11 Å². The van der Waals surface area contributed by atoms with E-state index in [9.17, 15) is 0 Å². The Kier molecular flexibility index (Phi) is 4.37. The van der Waals surface area contributed by atoms with Gasteiger partial charge in [-0.05, 0) is 19.1 Å². The first kappa shape index (κ1) is 14.8. The molecule has 0 saturated heterocycles. The summed E-state index contributed by atoms with van der Waals surface area (Å²) in [6.45, 7) is 2.40. The molecule has 3 rings (SSSR count). The van der Waals surface area contributed by atoms with Crippen LogP contribution in [0.4, 0.5) is 17.6 Å². The first-order valence-electron chi connectivity index (χ1n) is 7.14. The molecule has 23 heavy (non-hydrogen) atoms. The lowest BCUT2D eigenvalue weighted by Crippen LogP contribution is -2.06. The average Bonchev–Trinajstić information content (AvgIpc) is 2.98. The Morgan fingerprint density at radius 3 is 2.83 bits per heavy atom. The Morgan fingerprint density at radius 1 is 1.17 bits per heavy atom. The quantitative estimate of drug-likeness (QED) is 0.723. The number of hydrogen-bond acceptors (Lipinski definition) is 7. The lowest BCUT2D eigenvalue weighted by molar-refractivity contribution is 0.400. The molecule has 0 unspecified atom stereocenters. The Balaban J connectivity index is 1.68. The number of nitrogens with zero attached hydrogens (tertiary/aromatic N) is 3. The van der Waals surface area contributed by atoms with Crippen LogP contribution < -0.4 is 15.4 Å². The molecule has 0 spiro atoms. The van der Waals surface area contributed by atoms with Gasteiger partial charge in [-0.1, -0.05) is 23.4 Å². The molecule has 0 radical (unpaired) electrons. The summed E-state index contributed by atoms with van der Waals surface area (Å²) in [5, 5.41) is 10.1. The Bertz CT molecular complexity index is 787. The van der Waals surface area contributed by atoms with Crippen molar-refractivity contribution >= 4 is 17.6 Å². The van der Waals surface area contributed by atoms with Gasteiger partial charge in [0.2, 0.25) is 5.95 Å². The highest BCUT2D eigenvalue weighted by Crippen LogP contribution is 2.19. The molecular formula is C16H17N5O2. The molecule has 0 saturated carbocycles. The van der Waals surface area contributed by atoms with Crippen LogP contribution in [0.15, 0.2) is 47.1 Å². The van der Waals surface area contributed by atoms with Crippen molar-refractivity contribution < 1.29 is 9.26 Å². The first-order chi connectivity index (χ1) is 11.2. The normalized spacial score (nSPS) is 10.3. The van der Waals surface area contributed by atoms with Gasteiger partial charge in [-0.3, -0.25) is 0 Å². The number of benzene rings is 1. The summed E-state index contributed by atoms with van der Waals surface area (Å²) in [6, 6.07) is 11.4. The summed E-state index contributed by atoms with van der Waals surface area (Å²) in [5.74, 6) is 3.32. The summed E-state index contributed by atoms with van der Waals surface area (Å²) in [7, 11) is 1.65. The number of aromatic nitrogens is 3. The molecule has 0 aliphatic heterocycles. The molecule has 0 aliphatic rings. The largest absolute Gasteiger partial charge is 0.496 e. The predicted molar refractivity (Wildman–Crippen MR) is 86.9 cm³/mol. The van der Waals surface area contributed by atoms with E-state index in [-0.39, 0.29) is 0 Å².